The van der Waals surface area contributed by atoms with Crippen LogP contribution in [0.5, 0.6) is 0 Å². The summed E-state index contributed by atoms with van der Waals surface area (Å²) in [6.45, 7) is 8.45. The van der Waals surface area contributed by atoms with Crippen LogP contribution in [0.1, 0.15) is 36.7 Å². The Labute approximate surface area is 158 Å². The van der Waals surface area contributed by atoms with Crippen molar-refractivity contribution in [3.8, 4) is 10.6 Å². The summed E-state index contributed by atoms with van der Waals surface area (Å²) in [7, 11) is 0. The van der Waals surface area contributed by atoms with Crippen LogP contribution >= 0.6 is 11.3 Å². The molecule has 6 heteroatoms. The van der Waals surface area contributed by atoms with Crippen LogP contribution in [-0.4, -0.2) is 33.6 Å². The summed E-state index contributed by atoms with van der Waals surface area (Å²) in [5.74, 6) is 0.372. The Bertz CT molecular complexity index is 837. The van der Waals surface area contributed by atoms with Crippen LogP contribution in [0.4, 0.5) is 5.82 Å². The third-order valence-electron chi connectivity index (χ3n) is 4.34. The molecule has 0 atom stereocenters. The first-order valence-corrected chi connectivity index (χ1v) is 9.68. The Morgan fingerprint density at radius 1 is 1.27 bits per heavy atom. The summed E-state index contributed by atoms with van der Waals surface area (Å²) in [6, 6.07) is 14.1. The molecule has 136 valence electrons. The predicted molar refractivity (Wildman–Crippen MR) is 108 cm³/mol. The van der Waals surface area contributed by atoms with Gasteiger partial charge < -0.3 is 5.32 Å². The van der Waals surface area contributed by atoms with Crippen LogP contribution in [-0.2, 0) is 6.54 Å². The summed E-state index contributed by atoms with van der Waals surface area (Å²) in [4.78, 5) is 15.9. The number of hydrogen-bond donors (Lipinski definition) is 2. The molecule has 2 aromatic heterocycles. The average molecular weight is 369 g/mol. The Morgan fingerprint density at radius 2 is 2.04 bits per heavy atom. The molecule has 0 unspecified atom stereocenters. The van der Waals surface area contributed by atoms with Gasteiger partial charge in [-0.2, -0.15) is 5.10 Å². The van der Waals surface area contributed by atoms with E-state index in [-0.39, 0.29) is 5.91 Å². The second-order valence-corrected chi connectivity index (χ2v) is 7.40. The second kappa shape index (κ2) is 8.29. The van der Waals surface area contributed by atoms with Gasteiger partial charge in [0.05, 0.1) is 10.6 Å². The molecule has 2 N–H and O–H groups in total. The molecule has 0 saturated carbocycles. The van der Waals surface area contributed by atoms with Crippen molar-refractivity contribution < 1.29 is 4.79 Å². The number of thiophene rings is 1. The van der Waals surface area contributed by atoms with E-state index in [1.54, 1.807) is 11.3 Å². The van der Waals surface area contributed by atoms with Crippen molar-refractivity contribution in [3.63, 3.8) is 0 Å². The Morgan fingerprint density at radius 3 is 2.65 bits per heavy atom. The van der Waals surface area contributed by atoms with Crippen molar-refractivity contribution in [3.05, 3.63) is 59.0 Å². The van der Waals surface area contributed by atoms with Gasteiger partial charge in [-0.05, 0) is 49.5 Å². The summed E-state index contributed by atoms with van der Waals surface area (Å²) < 4.78 is 0. The van der Waals surface area contributed by atoms with Gasteiger partial charge in [-0.3, -0.25) is 14.8 Å². The third kappa shape index (κ3) is 4.39. The number of carbonyl (C=O) groups excluding carboxylic acids is 1. The molecule has 0 aliphatic rings. The molecule has 0 aliphatic carbocycles. The van der Waals surface area contributed by atoms with E-state index in [9.17, 15) is 4.79 Å². The number of rotatable bonds is 7. The van der Waals surface area contributed by atoms with E-state index in [1.807, 2.05) is 47.8 Å². The van der Waals surface area contributed by atoms with Crippen LogP contribution in [0.3, 0.4) is 0 Å². The quantitative estimate of drug-likeness (QED) is 0.640. The van der Waals surface area contributed by atoms with Gasteiger partial charge in [-0.1, -0.05) is 25.1 Å². The lowest BCUT2D eigenvalue weighted by atomic mass is 10.1. The molecule has 0 spiro atoms. The number of aromatic amines is 1. The number of H-pyrrole nitrogens is 1. The van der Waals surface area contributed by atoms with Gasteiger partial charge >= 0.3 is 0 Å². The van der Waals surface area contributed by atoms with E-state index in [1.165, 1.54) is 5.56 Å². The number of amides is 1. The van der Waals surface area contributed by atoms with Crippen molar-refractivity contribution in [1.29, 1.82) is 0 Å². The molecule has 1 amide bonds. The lowest BCUT2D eigenvalue weighted by molar-refractivity contribution is 0.102. The first-order chi connectivity index (χ1) is 12.6. The monoisotopic (exact) mass is 368 g/mol. The largest absolute Gasteiger partial charge is 0.305 e. The maximum atomic E-state index is 12.4. The number of aromatic nitrogens is 2. The zero-order valence-electron chi connectivity index (χ0n) is 15.3. The van der Waals surface area contributed by atoms with Gasteiger partial charge in [0.15, 0.2) is 5.82 Å². The second-order valence-electron chi connectivity index (χ2n) is 6.45. The number of hydrogen-bond acceptors (Lipinski definition) is 4. The molecule has 26 heavy (non-hydrogen) atoms. The van der Waals surface area contributed by atoms with Crippen LogP contribution in [0.2, 0.25) is 0 Å². The van der Waals surface area contributed by atoms with Crippen LogP contribution in [0, 0.1) is 0 Å². The standard InChI is InChI=1S/C20H24N4OS/c1-4-24(14(2)3)13-15-7-9-16(10-8-15)20(25)21-19-12-17(22-23-19)18-6-5-11-26-18/h5-12,14H,4,13H2,1-3H3,(H2,21,22,23,25). The topological polar surface area (TPSA) is 61.0 Å². The van der Waals surface area contributed by atoms with Crippen LogP contribution in [0.25, 0.3) is 10.6 Å². The third-order valence-corrected chi connectivity index (χ3v) is 5.25. The first-order valence-electron chi connectivity index (χ1n) is 8.80. The molecular formula is C20H24N4OS. The number of benzene rings is 1. The minimum Gasteiger partial charge on any atom is -0.305 e. The zero-order chi connectivity index (χ0) is 18.5. The molecule has 2 heterocycles. The fourth-order valence-corrected chi connectivity index (χ4v) is 3.48. The van der Waals surface area contributed by atoms with E-state index in [4.69, 9.17) is 0 Å². The van der Waals surface area contributed by atoms with E-state index >= 15 is 0 Å². The highest BCUT2D eigenvalue weighted by atomic mass is 32.1. The molecule has 0 saturated heterocycles. The van der Waals surface area contributed by atoms with Gasteiger partial charge in [0.25, 0.3) is 5.91 Å². The van der Waals surface area contributed by atoms with Gasteiger partial charge in [0.1, 0.15) is 0 Å². The highest BCUT2D eigenvalue weighted by Gasteiger charge is 2.11. The van der Waals surface area contributed by atoms with E-state index in [2.05, 4.69) is 41.2 Å². The van der Waals surface area contributed by atoms with E-state index in [0.717, 1.165) is 23.7 Å². The van der Waals surface area contributed by atoms with Gasteiger partial charge in [0.2, 0.25) is 0 Å². The Balaban J connectivity index is 1.63. The fraction of sp³-hybridized carbons (Fsp3) is 0.300. The molecule has 0 bridgehead atoms. The normalized spacial score (nSPS) is 11.3. The lowest BCUT2D eigenvalue weighted by Gasteiger charge is -2.24. The number of nitrogens with zero attached hydrogens (tertiary/aromatic N) is 2. The number of nitrogens with one attached hydrogen (secondary N) is 2. The van der Waals surface area contributed by atoms with Gasteiger partial charge in [0, 0.05) is 24.2 Å². The predicted octanol–water partition coefficient (Wildman–Crippen LogP) is 4.62. The minimum absolute atomic E-state index is 0.156. The van der Waals surface area contributed by atoms with Crippen molar-refractivity contribution >= 4 is 23.1 Å². The summed E-state index contributed by atoms with van der Waals surface area (Å²) >= 11 is 1.63. The molecule has 1 aromatic carbocycles. The van der Waals surface area contributed by atoms with E-state index in [0.29, 0.717) is 17.4 Å². The van der Waals surface area contributed by atoms with Crippen LogP contribution in [0.15, 0.2) is 47.8 Å². The van der Waals surface area contributed by atoms with Crippen LogP contribution < -0.4 is 5.32 Å². The minimum atomic E-state index is -0.156. The van der Waals surface area contributed by atoms with Gasteiger partial charge in [-0.25, -0.2) is 0 Å². The Kier molecular flexibility index (Phi) is 5.85. The number of carbonyl (C=O) groups is 1. The maximum absolute atomic E-state index is 12.4. The molecular weight excluding hydrogens is 344 g/mol. The molecule has 0 radical (unpaired) electrons. The SMILES string of the molecule is CCN(Cc1ccc(C(=O)Nc2cc(-c3cccs3)[nH]n2)cc1)C(C)C. The number of anilines is 1. The summed E-state index contributed by atoms with van der Waals surface area (Å²) in [5, 5.41) is 12.0. The summed E-state index contributed by atoms with van der Waals surface area (Å²) in [6.07, 6.45) is 0. The zero-order valence-corrected chi connectivity index (χ0v) is 16.1. The molecule has 3 rings (SSSR count). The Hall–Kier alpha value is -2.44. The molecule has 0 aliphatic heterocycles. The highest BCUT2D eigenvalue weighted by molar-refractivity contribution is 7.13. The molecule has 0 fully saturated rings. The smallest absolute Gasteiger partial charge is 0.256 e. The van der Waals surface area contributed by atoms with Crippen molar-refractivity contribution in [2.45, 2.75) is 33.4 Å². The fourth-order valence-electron chi connectivity index (χ4n) is 2.79. The molecule has 5 nitrogen and oxygen atoms in total. The van der Waals surface area contributed by atoms with Gasteiger partial charge in [-0.15, -0.1) is 11.3 Å². The summed E-state index contributed by atoms with van der Waals surface area (Å²) in [5.41, 5.74) is 2.73. The lowest BCUT2D eigenvalue weighted by Crippen LogP contribution is -2.29. The molecule has 3 aromatic rings. The first kappa shape index (κ1) is 18.4. The van der Waals surface area contributed by atoms with Crippen molar-refractivity contribution in [2.75, 3.05) is 11.9 Å². The maximum Gasteiger partial charge on any atom is 0.256 e. The highest BCUT2D eigenvalue weighted by Crippen LogP contribution is 2.24. The van der Waals surface area contributed by atoms with E-state index < -0.39 is 0 Å². The van der Waals surface area contributed by atoms with Crippen molar-refractivity contribution in [1.82, 2.24) is 15.1 Å². The average Bonchev–Trinajstić information content (AvgIpc) is 3.31. The van der Waals surface area contributed by atoms with Crippen molar-refractivity contribution in [2.24, 2.45) is 0 Å².